The fourth-order valence-electron chi connectivity index (χ4n) is 12.9. The topological polar surface area (TPSA) is 146 Å². The third-order valence-electron chi connectivity index (χ3n) is 16.7. The molecule has 0 aliphatic heterocycles. The lowest BCUT2D eigenvalue weighted by Crippen LogP contribution is -2.53. The van der Waals surface area contributed by atoms with Crippen molar-refractivity contribution in [3.05, 3.63) is 77.4 Å². The Morgan fingerprint density at radius 3 is 2.26 bits per heavy atom. The third kappa shape index (κ3) is 13.4. The van der Waals surface area contributed by atoms with Crippen LogP contribution in [0.1, 0.15) is 162 Å². The molecule has 0 spiro atoms. The number of benzene rings is 2. The molecule has 2 aromatic rings. The van der Waals surface area contributed by atoms with E-state index in [1.165, 1.54) is 57.8 Å². The number of nitrogens with one attached hydrogen (secondary N) is 4. The Morgan fingerprint density at radius 1 is 0.773 bits per heavy atom. The average molecular weight is 909 g/mol. The van der Waals surface area contributed by atoms with E-state index in [2.05, 4.69) is 62.0 Å². The highest BCUT2D eigenvalue weighted by atomic mass is 16.5. The van der Waals surface area contributed by atoms with Gasteiger partial charge in [0, 0.05) is 38.1 Å². The summed E-state index contributed by atoms with van der Waals surface area (Å²) in [6.45, 7) is 15.5. The molecule has 0 aromatic heterocycles. The van der Waals surface area contributed by atoms with Crippen LogP contribution < -0.4 is 21.3 Å². The summed E-state index contributed by atoms with van der Waals surface area (Å²) >= 11 is 0. The molecule has 10 atom stereocenters. The first-order valence-electron chi connectivity index (χ1n) is 26.0. The van der Waals surface area contributed by atoms with Gasteiger partial charge < -0.3 is 31.1 Å². The zero-order valence-corrected chi connectivity index (χ0v) is 41.3. The monoisotopic (exact) mass is 909 g/mol. The lowest BCUT2D eigenvalue weighted by molar-refractivity contribution is -0.131. The fraction of sp³-hybridized carbons (Fsp3) is 0.679. The van der Waals surface area contributed by atoms with Crippen LogP contribution in [-0.4, -0.2) is 60.1 Å². The number of carbonyl (C=O) groups is 4. The largest absolute Gasteiger partial charge is 0.392 e. The van der Waals surface area contributed by atoms with Crippen molar-refractivity contribution in [2.75, 3.05) is 18.5 Å². The minimum Gasteiger partial charge on any atom is -0.392 e. The Balaban J connectivity index is 0.921. The number of rotatable bonds is 24. The van der Waals surface area contributed by atoms with E-state index in [-0.39, 0.29) is 43.8 Å². The van der Waals surface area contributed by atoms with Crippen LogP contribution >= 0.6 is 0 Å². The van der Waals surface area contributed by atoms with Crippen molar-refractivity contribution in [2.45, 2.75) is 182 Å². The number of carbonyl (C=O) groups excluding carboxylic acids is 4. The van der Waals surface area contributed by atoms with Crippen molar-refractivity contribution in [1.29, 1.82) is 0 Å². The molecular formula is C56H84N4O6. The van der Waals surface area contributed by atoms with E-state index in [1.807, 2.05) is 37.3 Å². The Labute approximate surface area is 397 Å². The number of aliphatic hydroxyl groups excluding tert-OH is 1. The maximum Gasteiger partial charge on any atom is 0.246 e. The molecule has 2 aromatic carbocycles. The average Bonchev–Trinajstić information content (AvgIpc) is 3.67. The lowest BCUT2D eigenvalue weighted by atomic mass is 9.47. The van der Waals surface area contributed by atoms with Crippen LogP contribution in [0.3, 0.4) is 0 Å². The van der Waals surface area contributed by atoms with Crippen LogP contribution in [0.25, 0.3) is 0 Å². The van der Waals surface area contributed by atoms with Crippen LogP contribution in [0.2, 0.25) is 0 Å². The number of amides is 4. The van der Waals surface area contributed by atoms with E-state index in [1.54, 1.807) is 29.8 Å². The summed E-state index contributed by atoms with van der Waals surface area (Å²) in [4.78, 5) is 53.3. The molecule has 4 amide bonds. The standard InChI is InChI=1S/C56H84N4O6/c1-7-8-18-49(53(64)58-43-22-19-41(37-61)20-23-43)60-54(65)50(35-40-16-10-9-11-17-40)59-52(63)28-27-51(62)57-33-13-34-66-44-29-31-55(5)42(36-44)21-24-45-47-26-25-46(39(4)15-12-14-38(2)3)56(47,6)32-30-48(45)55/h9-11,16-17,19-23,38-39,44-50,61H,7-8,12-15,18,24-37H2,1-6H3,(H,57,62)(H,58,64)(H,59,63)(H,60,65)/t39?,44-,45?,46?,47?,48?,49-,50?,55-,56+/m0/s1. The normalized spacial score (nSPS) is 27.0. The summed E-state index contributed by atoms with van der Waals surface area (Å²) in [6.07, 6.45) is 20.0. The van der Waals surface area contributed by atoms with Crippen molar-refractivity contribution in [2.24, 2.45) is 46.3 Å². The number of ether oxygens (including phenoxy) is 1. The maximum atomic E-state index is 13.8. The lowest BCUT2D eigenvalue weighted by Gasteiger charge is -2.58. The molecule has 5 N–H and O–H groups in total. The van der Waals surface area contributed by atoms with Crippen molar-refractivity contribution in [1.82, 2.24) is 16.0 Å². The Hall–Kier alpha value is -4.02. The quantitative estimate of drug-likeness (QED) is 0.0524. The SMILES string of the molecule is CCCC[C@H](NC(=O)C(Cc1ccccc1)NC(=O)CCC(=O)NCCCO[C@H]1CC[C@@]2(C)C(=CCC3C4CCC(C(C)CCCC(C)C)[C@@]4(C)CCC32)C1)C(=O)Nc1ccc(CO)cc1. The zero-order valence-electron chi connectivity index (χ0n) is 41.3. The molecule has 0 saturated heterocycles. The van der Waals surface area contributed by atoms with Gasteiger partial charge in [-0.15, -0.1) is 0 Å². The molecule has 0 heterocycles. The smallest absolute Gasteiger partial charge is 0.246 e. The highest BCUT2D eigenvalue weighted by molar-refractivity contribution is 5.98. The van der Waals surface area contributed by atoms with Crippen LogP contribution in [0, 0.1) is 46.3 Å². The van der Waals surface area contributed by atoms with Gasteiger partial charge in [0.2, 0.25) is 23.6 Å². The fourth-order valence-corrected chi connectivity index (χ4v) is 12.9. The Bertz CT molecular complexity index is 1920. The van der Waals surface area contributed by atoms with E-state index < -0.39 is 23.9 Å². The van der Waals surface area contributed by atoms with Crippen LogP contribution in [0.15, 0.2) is 66.2 Å². The summed E-state index contributed by atoms with van der Waals surface area (Å²) in [5.74, 6) is 3.55. The first-order valence-corrected chi connectivity index (χ1v) is 26.0. The molecule has 0 bridgehead atoms. The zero-order chi connectivity index (χ0) is 47.3. The van der Waals surface area contributed by atoms with Crippen molar-refractivity contribution in [3.63, 3.8) is 0 Å². The summed E-state index contributed by atoms with van der Waals surface area (Å²) in [5.41, 5.74) is 4.57. The van der Waals surface area contributed by atoms with Gasteiger partial charge in [-0.25, -0.2) is 0 Å². The van der Waals surface area contributed by atoms with E-state index >= 15 is 0 Å². The number of allylic oxidation sites excluding steroid dienone is 1. The van der Waals surface area contributed by atoms with E-state index in [4.69, 9.17) is 4.74 Å². The molecule has 4 aliphatic carbocycles. The Morgan fingerprint density at radius 2 is 1.53 bits per heavy atom. The van der Waals surface area contributed by atoms with E-state index in [9.17, 15) is 24.3 Å². The van der Waals surface area contributed by atoms with Gasteiger partial charge in [-0.05, 0) is 134 Å². The van der Waals surface area contributed by atoms with Gasteiger partial charge in [0.15, 0.2) is 0 Å². The van der Waals surface area contributed by atoms with Crippen LogP contribution in [-0.2, 0) is 36.9 Å². The molecule has 364 valence electrons. The minimum atomic E-state index is -0.944. The van der Waals surface area contributed by atoms with Crippen LogP contribution in [0.4, 0.5) is 5.69 Å². The summed E-state index contributed by atoms with van der Waals surface area (Å²) in [6, 6.07) is 14.5. The summed E-state index contributed by atoms with van der Waals surface area (Å²) in [7, 11) is 0. The molecule has 10 nitrogen and oxygen atoms in total. The van der Waals surface area contributed by atoms with Crippen LogP contribution in [0.5, 0.6) is 0 Å². The molecule has 6 rings (SSSR count). The van der Waals surface area contributed by atoms with Gasteiger partial charge in [-0.2, -0.15) is 0 Å². The second kappa shape index (κ2) is 24.3. The molecule has 6 unspecified atom stereocenters. The van der Waals surface area contributed by atoms with Gasteiger partial charge in [-0.1, -0.05) is 128 Å². The third-order valence-corrected chi connectivity index (χ3v) is 16.7. The number of hydrogen-bond donors (Lipinski definition) is 5. The second-order valence-electron chi connectivity index (χ2n) is 21.6. The molecule has 4 aliphatic rings. The number of aliphatic hydroxyl groups is 1. The van der Waals surface area contributed by atoms with Gasteiger partial charge >= 0.3 is 0 Å². The van der Waals surface area contributed by atoms with Gasteiger partial charge in [0.1, 0.15) is 12.1 Å². The number of anilines is 1. The minimum absolute atomic E-state index is 0.00151. The molecule has 66 heavy (non-hydrogen) atoms. The van der Waals surface area contributed by atoms with E-state index in [0.29, 0.717) is 42.5 Å². The van der Waals surface area contributed by atoms with Crippen molar-refractivity contribution < 1.29 is 29.0 Å². The Kier molecular flexibility index (Phi) is 18.9. The highest BCUT2D eigenvalue weighted by Gasteiger charge is 2.59. The first kappa shape index (κ1) is 51.4. The highest BCUT2D eigenvalue weighted by Crippen LogP contribution is 2.67. The van der Waals surface area contributed by atoms with Gasteiger partial charge in [-0.3, -0.25) is 19.2 Å². The number of hydrogen-bond acceptors (Lipinski definition) is 6. The molecule has 0 radical (unpaired) electrons. The number of fused-ring (bicyclic) bond motifs is 5. The van der Waals surface area contributed by atoms with Crippen molar-refractivity contribution >= 4 is 29.3 Å². The predicted molar refractivity (Wildman–Crippen MR) is 264 cm³/mol. The summed E-state index contributed by atoms with van der Waals surface area (Å²) < 4.78 is 6.46. The molecule has 10 heteroatoms. The number of unbranched alkanes of at least 4 members (excludes halogenated alkanes) is 1. The predicted octanol–water partition coefficient (Wildman–Crippen LogP) is 10.2. The van der Waals surface area contributed by atoms with Crippen molar-refractivity contribution in [3.8, 4) is 0 Å². The molecule has 3 fully saturated rings. The van der Waals surface area contributed by atoms with E-state index in [0.717, 1.165) is 72.3 Å². The van der Waals surface area contributed by atoms with Gasteiger partial charge in [0.05, 0.1) is 12.7 Å². The maximum absolute atomic E-state index is 13.8. The first-order chi connectivity index (χ1) is 31.7. The summed E-state index contributed by atoms with van der Waals surface area (Å²) in [5, 5.41) is 20.9. The molecule has 3 saturated carbocycles. The molecular weight excluding hydrogens is 825 g/mol. The van der Waals surface area contributed by atoms with Gasteiger partial charge in [0.25, 0.3) is 0 Å². The second-order valence-corrected chi connectivity index (χ2v) is 21.6.